The molecule has 0 unspecified atom stereocenters. The van der Waals surface area contributed by atoms with Gasteiger partial charge in [0.05, 0.1) is 24.3 Å². The van der Waals surface area contributed by atoms with Crippen molar-refractivity contribution < 1.29 is 18.6 Å². The van der Waals surface area contributed by atoms with Crippen LogP contribution in [0.2, 0.25) is 10.0 Å². The van der Waals surface area contributed by atoms with Crippen molar-refractivity contribution >= 4 is 28.9 Å². The summed E-state index contributed by atoms with van der Waals surface area (Å²) in [5.74, 6) is 1.30. The van der Waals surface area contributed by atoms with Crippen molar-refractivity contribution in [2.75, 3.05) is 19.5 Å². The Morgan fingerprint density at radius 1 is 0.897 bits per heavy atom. The highest BCUT2D eigenvalue weighted by Crippen LogP contribution is 2.37. The molecule has 3 rings (SSSR count). The zero-order chi connectivity index (χ0) is 20.8. The Morgan fingerprint density at radius 2 is 1.66 bits per heavy atom. The van der Waals surface area contributed by atoms with Crippen molar-refractivity contribution in [1.29, 1.82) is 0 Å². The maximum absolute atomic E-state index is 13.2. The zero-order valence-corrected chi connectivity index (χ0v) is 17.5. The Kier molecular flexibility index (Phi) is 7.07. The summed E-state index contributed by atoms with van der Waals surface area (Å²) in [5, 5.41) is 4.02. The average Bonchev–Trinajstić information content (AvgIpc) is 2.72. The van der Waals surface area contributed by atoms with E-state index in [4.69, 9.17) is 37.4 Å². The quantitative estimate of drug-likeness (QED) is 0.447. The van der Waals surface area contributed by atoms with Crippen LogP contribution in [0.1, 0.15) is 11.1 Å². The number of anilines is 1. The highest BCUT2D eigenvalue weighted by molar-refractivity contribution is 6.32. The first kappa shape index (κ1) is 21.1. The van der Waals surface area contributed by atoms with Gasteiger partial charge in [-0.2, -0.15) is 0 Å². The van der Waals surface area contributed by atoms with Gasteiger partial charge >= 0.3 is 0 Å². The molecule has 0 spiro atoms. The molecule has 0 aliphatic carbocycles. The SMILES string of the molecule is COc1ccc(NCc2cc(Cl)c(OCc3ccc(F)cc3Cl)c(OC)c2)cc1. The number of halogens is 3. The number of nitrogens with one attached hydrogen (secondary N) is 1. The molecule has 0 fully saturated rings. The van der Waals surface area contributed by atoms with E-state index in [9.17, 15) is 4.39 Å². The first-order chi connectivity index (χ1) is 14.0. The minimum Gasteiger partial charge on any atom is -0.497 e. The molecule has 29 heavy (non-hydrogen) atoms. The molecule has 0 amide bonds. The van der Waals surface area contributed by atoms with Crippen LogP contribution >= 0.6 is 23.2 Å². The van der Waals surface area contributed by atoms with E-state index in [-0.39, 0.29) is 6.61 Å². The maximum Gasteiger partial charge on any atom is 0.180 e. The van der Waals surface area contributed by atoms with Crippen LogP contribution in [0.3, 0.4) is 0 Å². The van der Waals surface area contributed by atoms with Crippen LogP contribution in [-0.4, -0.2) is 14.2 Å². The summed E-state index contributed by atoms with van der Waals surface area (Å²) in [5.41, 5.74) is 2.53. The van der Waals surface area contributed by atoms with Gasteiger partial charge in [-0.1, -0.05) is 29.3 Å². The second kappa shape index (κ2) is 9.72. The molecule has 0 saturated carbocycles. The minimum absolute atomic E-state index is 0.138. The summed E-state index contributed by atoms with van der Waals surface area (Å²) in [6.45, 7) is 0.686. The molecule has 1 N–H and O–H groups in total. The van der Waals surface area contributed by atoms with E-state index in [0.29, 0.717) is 33.7 Å². The molecule has 3 aromatic rings. The molecule has 3 aromatic carbocycles. The van der Waals surface area contributed by atoms with Crippen LogP contribution in [0.4, 0.5) is 10.1 Å². The Hall–Kier alpha value is -2.63. The molecule has 152 valence electrons. The zero-order valence-electron chi connectivity index (χ0n) is 16.0. The molecular weight excluding hydrogens is 416 g/mol. The van der Waals surface area contributed by atoms with E-state index >= 15 is 0 Å². The fourth-order valence-corrected chi connectivity index (χ4v) is 3.23. The highest BCUT2D eigenvalue weighted by Gasteiger charge is 2.13. The Labute approximate surface area is 179 Å². The fourth-order valence-electron chi connectivity index (χ4n) is 2.72. The van der Waals surface area contributed by atoms with Crippen molar-refractivity contribution in [3.63, 3.8) is 0 Å². The number of rotatable bonds is 8. The Balaban J connectivity index is 1.70. The molecule has 0 aliphatic heterocycles. The maximum atomic E-state index is 13.2. The van der Waals surface area contributed by atoms with Crippen molar-refractivity contribution in [2.24, 2.45) is 0 Å². The number of methoxy groups -OCH3 is 2. The van der Waals surface area contributed by atoms with E-state index in [1.807, 2.05) is 36.4 Å². The van der Waals surface area contributed by atoms with Crippen LogP contribution in [0, 0.1) is 5.82 Å². The lowest BCUT2D eigenvalue weighted by molar-refractivity contribution is 0.284. The summed E-state index contributed by atoms with van der Waals surface area (Å²) >= 11 is 12.5. The first-order valence-electron chi connectivity index (χ1n) is 8.81. The standard InChI is InChI=1S/C22H20Cl2FNO3/c1-27-18-7-5-17(6-8-18)26-12-14-9-20(24)22(21(10-14)28-2)29-13-15-3-4-16(25)11-19(15)23/h3-11,26H,12-13H2,1-2H3. The predicted molar refractivity (Wildman–Crippen MR) is 114 cm³/mol. The summed E-state index contributed by atoms with van der Waals surface area (Å²) < 4.78 is 29.6. The van der Waals surface area contributed by atoms with Crippen LogP contribution in [0.25, 0.3) is 0 Å². The second-order valence-electron chi connectivity index (χ2n) is 6.22. The van der Waals surface area contributed by atoms with Crippen molar-refractivity contribution in [3.8, 4) is 17.2 Å². The van der Waals surface area contributed by atoms with Gasteiger partial charge in [-0.15, -0.1) is 0 Å². The van der Waals surface area contributed by atoms with Gasteiger partial charge in [0.15, 0.2) is 11.5 Å². The van der Waals surface area contributed by atoms with Crippen LogP contribution < -0.4 is 19.5 Å². The van der Waals surface area contributed by atoms with E-state index in [1.54, 1.807) is 20.3 Å². The second-order valence-corrected chi connectivity index (χ2v) is 7.03. The van der Waals surface area contributed by atoms with Crippen molar-refractivity contribution in [2.45, 2.75) is 13.2 Å². The summed E-state index contributed by atoms with van der Waals surface area (Å²) in [7, 11) is 3.18. The summed E-state index contributed by atoms with van der Waals surface area (Å²) in [4.78, 5) is 0. The van der Waals surface area contributed by atoms with Gasteiger partial charge in [0, 0.05) is 17.8 Å². The molecule has 7 heteroatoms. The van der Waals surface area contributed by atoms with Gasteiger partial charge in [0.2, 0.25) is 0 Å². The monoisotopic (exact) mass is 435 g/mol. The fraction of sp³-hybridized carbons (Fsp3) is 0.182. The molecule has 0 bridgehead atoms. The Morgan fingerprint density at radius 3 is 2.31 bits per heavy atom. The lowest BCUT2D eigenvalue weighted by atomic mass is 10.2. The molecule has 0 radical (unpaired) electrons. The van der Waals surface area contributed by atoms with E-state index in [1.165, 1.54) is 12.1 Å². The molecule has 0 atom stereocenters. The lowest BCUT2D eigenvalue weighted by Gasteiger charge is -2.15. The van der Waals surface area contributed by atoms with Crippen LogP contribution in [-0.2, 0) is 13.2 Å². The third kappa shape index (κ3) is 5.46. The molecule has 0 aliphatic rings. The summed E-state index contributed by atoms with van der Waals surface area (Å²) in [6, 6.07) is 15.4. The lowest BCUT2D eigenvalue weighted by Crippen LogP contribution is -2.03. The van der Waals surface area contributed by atoms with Gasteiger partial charge in [-0.05, 0) is 54.1 Å². The van der Waals surface area contributed by atoms with Gasteiger partial charge in [-0.3, -0.25) is 0 Å². The highest BCUT2D eigenvalue weighted by atomic mass is 35.5. The molecule has 4 nitrogen and oxygen atoms in total. The number of hydrogen-bond donors (Lipinski definition) is 1. The molecule has 0 saturated heterocycles. The van der Waals surface area contributed by atoms with Gasteiger partial charge in [-0.25, -0.2) is 4.39 Å². The molecule has 0 heterocycles. The van der Waals surface area contributed by atoms with Crippen molar-refractivity contribution in [1.82, 2.24) is 0 Å². The predicted octanol–water partition coefficient (Wildman–Crippen LogP) is 6.34. The number of benzene rings is 3. The minimum atomic E-state index is -0.400. The van der Waals surface area contributed by atoms with E-state index < -0.39 is 5.82 Å². The van der Waals surface area contributed by atoms with Crippen molar-refractivity contribution in [3.05, 3.63) is 81.6 Å². The van der Waals surface area contributed by atoms with Gasteiger partial charge < -0.3 is 19.5 Å². The Bertz CT molecular complexity index is 981. The first-order valence-corrected chi connectivity index (χ1v) is 9.57. The van der Waals surface area contributed by atoms with Crippen LogP contribution in [0.15, 0.2) is 54.6 Å². The number of ether oxygens (including phenoxy) is 3. The normalized spacial score (nSPS) is 10.5. The largest absolute Gasteiger partial charge is 0.497 e. The average molecular weight is 436 g/mol. The van der Waals surface area contributed by atoms with Crippen LogP contribution in [0.5, 0.6) is 17.2 Å². The molecular formula is C22H20Cl2FNO3. The smallest absolute Gasteiger partial charge is 0.180 e. The molecule has 0 aromatic heterocycles. The number of hydrogen-bond acceptors (Lipinski definition) is 4. The van der Waals surface area contributed by atoms with Gasteiger partial charge in [0.1, 0.15) is 18.2 Å². The van der Waals surface area contributed by atoms with E-state index in [2.05, 4.69) is 5.32 Å². The van der Waals surface area contributed by atoms with E-state index in [0.717, 1.165) is 17.0 Å². The third-order valence-corrected chi connectivity index (χ3v) is 4.90. The van der Waals surface area contributed by atoms with Gasteiger partial charge in [0.25, 0.3) is 0 Å². The topological polar surface area (TPSA) is 39.7 Å². The third-order valence-electron chi connectivity index (χ3n) is 4.26. The summed E-state index contributed by atoms with van der Waals surface area (Å²) in [6.07, 6.45) is 0.